The van der Waals surface area contributed by atoms with Crippen molar-refractivity contribution in [2.45, 2.75) is 57.5 Å². The van der Waals surface area contributed by atoms with Crippen molar-refractivity contribution in [3.05, 3.63) is 98.5 Å². The van der Waals surface area contributed by atoms with Crippen molar-refractivity contribution in [3.63, 3.8) is 0 Å². The molecule has 3 aromatic carbocycles. The molecule has 0 bridgehead atoms. The molecule has 2 N–H and O–H groups in total. The number of aliphatic carboxylic acids is 1. The number of nitrogens with one attached hydrogen (secondary N) is 1. The molecule has 1 aromatic heterocycles. The summed E-state index contributed by atoms with van der Waals surface area (Å²) in [5.74, 6) is -1.05. The van der Waals surface area contributed by atoms with Gasteiger partial charge in [-0.1, -0.05) is 44.5 Å². The predicted octanol–water partition coefficient (Wildman–Crippen LogP) is 7.10. The summed E-state index contributed by atoms with van der Waals surface area (Å²) in [6, 6.07) is 17.6. The second kappa shape index (κ2) is 14.4. The minimum absolute atomic E-state index is 0.0731. The molecule has 1 heterocycles. The Morgan fingerprint density at radius 3 is 2.42 bits per heavy atom. The second-order valence-corrected chi connectivity index (χ2v) is 15.3. The van der Waals surface area contributed by atoms with Gasteiger partial charge in [0.15, 0.2) is 16.4 Å². The predicted molar refractivity (Wildman–Crippen MR) is 176 cm³/mol. The number of rotatable bonds is 13. The number of hydrogen-bond donors (Lipinski definition) is 2. The maximum absolute atomic E-state index is 13.3. The highest BCUT2D eigenvalue weighted by molar-refractivity contribution is 7.91. The molecule has 0 unspecified atom stereocenters. The van der Waals surface area contributed by atoms with Crippen molar-refractivity contribution in [3.8, 4) is 11.5 Å². The van der Waals surface area contributed by atoms with Crippen LogP contribution in [0.5, 0.6) is 11.5 Å². The number of sulfone groups is 1. The number of nitrogens with zero attached hydrogens (tertiary/aromatic N) is 1. The molecule has 238 valence electrons. The maximum Gasteiger partial charge on any atom is 0.341 e. The van der Waals surface area contributed by atoms with Crippen LogP contribution < -0.4 is 14.8 Å². The Hall–Kier alpha value is -3.93. The summed E-state index contributed by atoms with van der Waals surface area (Å²) in [4.78, 5) is 30.5. The van der Waals surface area contributed by atoms with Gasteiger partial charge in [0.1, 0.15) is 23.1 Å². The standard InChI is InChI=1S/C33H35ClN2O7S2/c1-21-31(33(2,3)4)36-29(44-21)19-42-25-9-5-8-23(18-25)32(39)35-27-17-22(10-15-28(27)43-20-30(37)38)7-6-16-45(40,41)26-13-11-24(34)12-14-26/h5,8-15,17-18H,6-7,16,19-20H2,1-4H3,(H,35,39)(H,37,38). The number of carbonyl (C=O) groups excluding carboxylic acids is 1. The molecule has 0 atom stereocenters. The molecule has 0 fully saturated rings. The Morgan fingerprint density at radius 1 is 1.02 bits per heavy atom. The van der Waals surface area contributed by atoms with E-state index in [1.54, 1.807) is 53.8 Å². The molecule has 9 nitrogen and oxygen atoms in total. The Bertz CT molecular complexity index is 1780. The number of halogens is 1. The highest BCUT2D eigenvalue weighted by Crippen LogP contribution is 2.30. The average Bonchev–Trinajstić information content (AvgIpc) is 3.37. The first-order valence-electron chi connectivity index (χ1n) is 14.2. The highest BCUT2D eigenvalue weighted by atomic mass is 35.5. The lowest BCUT2D eigenvalue weighted by molar-refractivity contribution is -0.139. The zero-order valence-corrected chi connectivity index (χ0v) is 27.8. The van der Waals surface area contributed by atoms with Crippen molar-refractivity contribution in [1.29, 1.82) is 0 Å². The fourth-order valence-corrected chi connectivity index (χ4v) is 7.09. The van der Waals surface area contributed by atoms with E-state index < -0.39 is 28.3 Å². The van der Waals surface area contributed by atoms with Gasteiger partial charge >= 0.3 is 5.97 Å². The largest absolute Gasteiger partial charge is 0.486 e. The summed E-state index contributed by atoms with van der Waals surface area (Å²) in [5.41, 5.74) is 2.28. The van der Waals surface area contributed by atoms with Crippen LogP contribution in [-0.2, 0) is 33.1 Å². The molecule has 1 amide bonds. The van der Waals surface area contributed by atoms with Gasteiger partial charge in [-0.05, 0) is 79.9 Å². The van der Waals surface area contributed by atoms with E-state index in [4.69, 9.17) is 31.2 Å². The fraction of sp³-hybridized carbons (Fsp3) is 0.303. The smallest absolute Gasteiger partial charge is 0.341 e. The van der Waals surface area contributed by atoms with E-state index in [1.807, 2.05) is 6.92 Å². The summed E-state index contributed by atoms with van der Waals surface area (Å²) in [7, 11) is -3.51. The molecule has 0 saturated heterocycles. The normalized spacial score (nSPS) is 11.7. The van der Waals surface area contributed by atoms with Crippen LogP contribution in [0, 0.1) is 6.92 Å². The first-order valence-corrected chi connectivity index (χ1v) is 17.0. The van der Waals surface area contributed by atoms with Crippen molar-refractivity contribution in [2.24, 2.45) is 0 Å². The highest BCUT2D eigenvalue weighted by Gasteiger charge is 2.21. The molecule has 0 aliphatic carbocycles. The van der Waals surface area contributed by atoms with Crippen LogP contribution in [-0.4, -0.2) is 42.7 Å². The van der Waals surface area contributed by atoms with Crippen molar-refractivity contribution >= 4 is 50.3 Å². The zero-order valence-electron chi connectivity index (χ0n) is 25.4. The maximum atomic E-state index is 13.3. The molecule has 45 heavy (non-hydrogen) atoms. The first kappa shape index (κ1) is 34.0. The summed E-state index contributed by atoms with van der Waals surface area (Å²) in [6.07, 6.45) is 0.717. The number of amides is 1. The van der Waals surface area contributed by atoms with Gasteiger partial charge in [0, 0.05) is 20.9 Å². The van der Waals surface area contributed by atoms with Gasteiger partial charge in [-0.25, -0.2) is 18.2 Å². The van der Waals surface area contributed by atoms with E-state index in [2.05, 4.69) is 26.1 Å². The van der Waals surface area contributed by atoms with E-state index in [9.17, 15) is 18.0 Å². The number of carboxylic acid groups (broad SMARTS) is 1. The van der Waals surface area contributed by atoms with Gasteiger partial charge in [0.05, 0.1) is 22.0 Å². The van der Waals surface area contributed by atoms with Crippen molar-refractivity contribution < 1.29 is 32.6 Å². The number of aromatic nitrogens is 1. The van der Waals surface area contributed by atoms with Crippen LogP contribution >= 0.6 is 22.9 Å². The zero-order chi connectivity index (χ0) is 32.8. The van der Waals surface area contributed by atoms with Crippen LogP contribution in [0.4, 0.5) is 5.69 Å². The van der Waals surface area contributed by atoms with Gasteiger partial charge in [-0.15, -0.1) is 11.3 Å². The van der Waals surface area contributed by atoms with E-state index in [0.717, 1.165) is 21.1 Å². The SMILES string of the molecule is Cc1sc(COc2cccc(C(=O)Nc3cc(CCCS(=O)(=O)c4ccc(Cl)cc4)ccc3OCC(=O)O)c2)nc1C(C)(C)C. The van der Waals surface area contributed by atoms with Crippen LogP contribution in [0.3, 0.4) is 0 Å². The van der Waals surface area contributed by atoms with E-state index in [1.165, 1.54) is 24.3 Å². The van der Waals surface area contributed by atoms with E-state index >= 15 is 0 Å². The molecule has 4 aromatic rings. The monoisotopic (exact) mass is 670 g/mol. The molecule has 12 heteroatoms. The number of carbonyl (C=O) groups is 2. The molecule has 4 rings (SSSR count). The first-order chi connectivity index (χ1) is 21.2. The molecule has 0 saturated carbocycles. The number of anilines is 1. The number of ether oxygens (including phenoxy) is 2. The molecular formula is C33H35ClN2O7S2. The molecular weight excluding hydrogens is 636 g/mol. The van der Waals surface area contributed by atoms with E-state index in [0.29, 0.717) is 29.2 Å². The van der Waals surface area contributed by atoms with Crippen LogP contribution in [0.15, 0.2) is 71.6 Å². The van der Waals surface area contributed by atoms with Gasteiger partial charge in [-0.3, -0.25) is 4.79 Å². The lowest BCUT2D eigenvalue weighted by Crippen LogP contribution is -2.15. The minimum Gasteiger partial charge on any atom is -0.486 e. The molecule has 0 radical (unpaired) electrons. The van der Waals surface area contributed by atoms with Crippen LogP contribution in [0.25, 0.3) is 0 Å². The Morgan fingerprint density at radius 2 is 1.76 bits per heavy atom. The lowest BCUT2D eigenvalue weighted by atomic mass is 9.92. The van der Waals surface area contributed by atoms with Crippen LogP contribution in [0.1, 0.15) is 58.7 Å². The topological polar surface area (TPSA) is 132 Å². The summed E-state index contributed by atoms with van der Waals surface area (Å²) < 4.78 is 36.8. The number of hydrogen-bond acceptors (Lipinski definition) is 8. The average molecular weight is 671 g/mol. The van der Waals surface area contributed by atoms with Gasteiger partial charge < -0.3 is 19.9 Å². The Kier molecular flexibility index (Phi) is 10.9. The van der Waals surface area contributed by atoms with Crippen molar-refractivity contribution in [1.82, 2.24) is 4.98 Å². The summed E-state index contributed by atoms with van der Waals surface area (Å²) >= 11 is 7.45. The third-order valence-corrected chi connectivity index (χ3v) is 9.72. The minimum atomic E-state index is -3.51. The number of carboxylic acids is 1. The lowest BCUT2D eigenvalue weighted by Gasteiger charge is -2.16. The second-order valence-electron chi connectivity index (χ2n) is 11.4. The van der Waals surface area contributed by atoms with Crippen molar-refractivity contribution in [2.75, 3.05) is 17.7 Å². The van der Waals surface area contributed by atoms with Crippen LogP contribution in [0.2, 0.25) is 5.02 Å². The Balaban J connectivity index is 1.45. The third-order valence-electron chi connectivity index (χ3n) is 6.70. The molecule has 0 aliphatic heterocycles. The number of thiazole rings is 1. The number of aryl methyl sites for hydroxylation is 2. The number of benzene rings is 3. The molecule has 0 spiro atoms. The Labute approximate surface area is 272 Å². The third kappa shape index (κ3) is 9.53. The summed E-state index contributed by atoms with van der Waals surface area (Å²) in [5, 5.41) is 13.2. The molecule has 0 aliphatic rings. The van der Waals surface area contributed by atoms with Gasteiger partial charge in [0.2, 0.25) is 0 Å². The quantitative estimate of drug-likeness (QED) is 0.154. The van der Waals surface area contributed by atoms with Gasteiger partial charge in [-0.2, -0.15) is 0 Å². The fourth-order valence-electron chi connectivity index (χ4n) is 4.60. The van der Waals surface area contributed by atoms with E-state index in [-0.39, 0.29) is 34.1 Å². The van der Waals surface area contributed by atoms with Gasteiger partial charge in [0.25, 0.3) is 5.91 Å². The summed E-state index contributed by atoms with van der Waals surface area (Å²) in [6.45, 7) is 8.04.